The Kier molecular flexibility index (Phi) is 4.32. The fourth-order valence-corrected chi connectivity index (χ4v) is 5.14. The molecule has 3 heteroatoms. The summed E-state index contributed by atoms with van der Waals surface area (Å²) in [6.45, 7) is 0. The molecule has 0 amide bonds. The van der Waals surface area contributed by atoms with Crippen LogP contribution in [-0.2, 0) is 6.42 Å². The SMILES string of the molecule is CSC1CCC(NC2CCCc3sccc32)CC1. The quantitative estimate of drug-likeness (QED) is 0.882. The second-order valence-electron chi connectivity index (χ2n) is 5.62. The van der Waals surface area contributed by atoms with Gasteiger partial charge in [-0.3, -0.25) is 0 Å². The van der Waals surface area contributed by atoms with Crippen LogP contribution in [0.15, 0.2) is 11.4 Å². The largest absolute Gasteiger partial charge is 0.307 e. The van der Waals surface area contributed by atoms with Gasteiger partial charge in [-0.2, -0.15) is 11.8 Å². The molecule has 0 bridgehead atoms. The number of rotatable bonds is 3. The minimum Gasteiger partial charge on any atom is -0.307 e. The molecule has 1 heterocycles. The van der Waals surface area contributed by atoms with E-state index in [0.717, 1.165) is 11.3 Å². The summed E-state index contributed by atoms with van der Waals surface area (Å²) in [7, 11) is 0. The molecule has 2 aliphatic carbocycles. The maximum absolute atomic E-state index is 3.94. The molecule has 1 N–H and O–H groups in total. The van der Waals surface area contributed by atoms with Crippen molar-refractivity contribution in [1.82, 2.24) is 5.32 Å². The van der Waals surface area contributed by atoms with Gasteiger partial charge in [-0.05, 0) is 68.2 Å². The standard InChI is InChI=1S/C15H23NS2/c1-17-12-7-5-11(6-8-12)16-14-3-2-4-15-13(14)9-10-18-15/h9-12,14,16H,2-8H2,1H3. The fraction of sp³-hybridized carbons (Fsp3) is 0.733. The molecule has 0 radical (unpaired) electrons. The van der Waals surface area contributed by atoms with Crippen molar-refractivity contribution in [3.63, 3.8) is 0 Å². The van der Waals surface area contributed by atoms with Gasteiger partial charge in [-0.25, -0.2) is 0 Å². The number of nitrogens with one attached hydrogen (secondary N) is 1. The predicted molar refractivity (Wildman–Crippen MR) is 82.7 cm³/mol. The van der Waals surface area contributed by atoms with Crippen LogP contribution < -0.4 is 5.32 Å². The van der Waals surface area contributed by atoms with Crippen molar-refractivity contribution in [1.29, 1.82) is 0 Å². The first kappa shape index (κ1) is 13.0. The second-order valence-corrected chi connectivity index (χ2v) is 7.76. The molecule has 0 aromatic carbocycles. The molecule has 0 spiro atoms. The van der Waals surface area contributed by atoms with Crippen LogP contribution in [0.25, 0.3) is 0 Å². The number of hydrogen-bond donors (Lipinski definition) is 1. The van der Waals surface area contributed by atoms with Crippen molar-refractivity contribution in [2.24, 2.45) is 0 Å². The molecule has 1 nitrogen and oxygen atoms in total. The van der Waals surface area contributed by atoms with Gasteiger partial charge in [0.25, 0.3) is 0 Å². The fourth-order valence-electron chi connectivity index (χ4n) is 3.41. The Morgan fingerprint density at radius 1 is 1.22 bits per heavy atom. The van der Waals surface area contributed by atoms with Gasteiger partial charge in [0.15, 0.2) is 0 Å². The van der Waals surface area contributed by atoms with E-state index >= 15 is 0 Å². The highest BCUT2D eigenvalue weighted by molar-refractivity contribution is 7.99. The predicted octanol–water partition coefficient (Wildman–Crippen LogP) is 4.39. The average molecular weight is 281 g/mol. The maximum atomic E-state index is 3.94. The summed E-state index contributed by atoms with van der Waals surface area (Å²) in [5.74, 6) is 0. The summed E-state index contributed by atoms with van der Waals surface area (Å²) in [4.78, 5) is 1.64. The van der Waals surface area contributed by atoms with Crippen LogP contribution in [0, 0.1) is 0 Å². The minimum absolute atomic E-state index is 0.649. The third-order valence-corrected chi connectivity index (χ3v) is 6.63. The number of hydrogen-bond acceptors (Lipinski definition) is 3. The van der Waals surface area contributed by atoms with Gasteiger partial charge in [0.1, 0.15) is 0 Å². The third-order valence-electron chi connectivity index (χ3n) is 4.50. The Morgan fingerprint density at radius 2 is 2.06 bits per heavy atom. The summed E-state index contributed by atoms with van der Waals surface area (Å²) >= 11 is 4.01. The lowest BCUT2D eigenvalue weighted by Gasteiger charge is -2.33. The third kappa shape index (κ3) is 2.78. The molecule has 1 unspecified atom stereocenters. The molecule has 0 aliphatic heterocycles. The van der Waals surface area contributed by atoms with Crippen molar-refractivity contribution < 1.29 is 0 Å². The van der Waals surface area contributed by atoms with Crippen LogP contribution in [-0.4, -0.2) is 17.5 Å². The van der Waals surface area contributed by atoms with Gasteiger partial charge < -0.3 is 5.32 Å². The Morgan fingerprint density at radius 3 is 2.83 bits per heavy atom. The van der Waals surface area contributed by atoms with Gasteiger partial charge in [-0.15, -0.1) is 11.3 Å². The van der Waals surface area contributed by atoms with E-state index in [1.807, 2.05) is 11.3 Å². The van der Waals surface area contributed by atoms with E-state index in [2.05, 4.69) is 34.8 Å². The molecule has 2 aliphatic rings. The van der Waals surface area contributed by atoms with Crippen LogP contribution in [0.5, 0.6) is 0 Å². The van der Waals surface area contributed by atoms with E-state index in [-0.39, 0.29) is 0 Å². The van der Waals surface area contributed by atoms with E-state index < -0.39 is 0 Å². The minimum atomic E-state index is 0.649. The first-order valence-electron chi connectivity index (χ1n) is 7.22. The monoisotopic (exact) mass is 281 g/mol. The Labute approximate surface area is 119 Å². The lowest BCUT2D eigenvalue weighted by atomic mass is 9.90. The topological polar surface area (TPSA) is 12.0 Å². The molecular weight excluding hydrogens is 258 g/mol. The highest BCUT2D eigenvalue weighted by Crippen LogP contribution is 2.35. The summed E-state index contributed by atoms with van der Waals surface area (Å²) in [6, 6.07) is 3.77. The number of thioether (sulfide) groups is 1. The molecular formula is C15H23NS2. The van der Waals surface area contributed by atoms with E-state index in [1.54, 1.807) is 10.4 Å². The number of aryl methyl sites for hydroxylation is 1. The molecule has 18 heavy (non-hydrogen) atoms. The normalized spacial score (nSPS) is 32.2. The molecule has 0 saturated heterocycles. The van der Waals surface area contributed by atoms with Crippen LogP contribution in [0.2, 0.25) is 0 Å². The van der Waals surface area contributed by atoms with Crippen molar-refractivity contribution in [3.05, 3.63) is 21.9 Å². The highest BCUT2D eigenvalue weighted by Gasteiger charge is 2.26. The zero-order valence-corrected chi connectivity index (χ0v) is 12.8. The van der Waals surface area contributed by atoms with Gasteiger partial charge in [-0.1, -0.05) is 0 Å². The van der Waals surface area contributed by atoms with E-state index in [0.29, 0.717) is 6.04 Å². The zero-order valence-electron chi connectivity index (χ0n) is 11.2. The van der Waals surface area contributed by atoms with Gasteiger partial charge in [0.05, 0.1) is 0 Å². The average Bonchev–Trinajstić information content (AvgIpc) is 2.89. The van der Waals surface area contributed by atoms with Crippen molar-refractivity contribution in [3.8, 4) is 0 Å². The molecule has 1 atom stereocenters. The van der Waals surface area contributed by atoms with Crippen molar-refractivity contribution in [2.45, 2.75) is 62.3 Å². The summed E-state index contributed by atoms with van der Waals surface area (Å²) in [5.41, 5.74) is 1.61. The van der Waals surface area contributed by atoms with E-state index in [4.69, 9.17) is 0 Å². The Balaban J connectivity index is 1.58. The first-order valence-corrected chi connectivity index (χ1v) is 9.38. The molecule has 1 aromatic heterocycles. The van der Waals surface area contributed by atoms with E-state index in [1.165, 1.54) is 44.9 Å². The number of thiophene rings is 1. The molecule has 1 saturated carbocycles. The molecule has 100 valence electrons. The summed E-state index contributed by atoms with van der Waals surface area (Å²) in [6.07, 6.45) is 11.8. The Hall–Kier alpha value is 0.0100. The van der Waals surface area contributed by atoms with Crippen molar-refractivity contribution in [2.75, 3.05) is 6.26 Å². The molecule has 1 fully saturated rings. The van der Waals surface area contributed by atoms with Crippen LogP contribution >= 0.6 is 23.1 Å². The van der Waals surface area contributed by atoms with Crippen LogP contribution in [0.1, 0.15) is 55.0 Å². The van der Waals surface area contributed by atoms with Crippen molar-refractivity contribution >= 4 is 23.1 Å². The van der Waals surface area contributed by atoms with E-state index in [9.17, 15) is 0 Å². The number of fused-ring (bicyclic) bond motifs is 1. The molecule has 3 rings (SSSR count). The van der Waals surface area contributed by atoms with Gasteiger partial charge in [0, 0.05) is 22.2 Å². The maximum Gasteiger partial charge on any atom is 0.0333 e. The second kappa shape index (κ2) is 5.98. The Bertz CT molecular complexity index is 380. The summed E-state index contributed by atoms with van der Waals surface area (Å²) in [5, 5.41) is 7.14. The highest BCUT2D eigenvalue weighted by atomic mass is 32.2. The van der Waals surface area contributed by atoms with Crippen LogP contribution in [0.3, 0.4) is 0 Å². The summed E-state index contributed by atoms with van der Waals surface area (Å²) < 4.78 is 0. The van der Waals surface area contributed by atoms with Gasteiger partial charge in [0.2, 0.25) is 0 Å². The lowest BCUT2D eigenvalue weighted by molar-refractivity contribution is 0.326. The zero-order chi connectivity index (χ0) is 12.4. The first-order chi connectivity index (χ1) is 8.86. The lowest BCUT2D eigenvalue weighted by Crippen LogP contribution is -2.37. The smallest absolute Gasteiger partial charge is 0.0333 e. The molecule has 1 aromatic rings. The van der Waals surface area contributed by atoms with Crippen LogP contribution in [0.4, 0.5) is 0 Å². The van der Waals surface area contributed by atoms with Gasteiger partial charge >= 0.3 is 0 Å².